The van der Waals surface area contributed by atoms with Crippen molar-refractivity contribution in [2.45, 2.75) is 25.1 Å². The molecule has 3 aromatic rings. The first-order valence-electron chi connectivity index (χ1n) is 11.8. The van der Waals surface area contributed by atoms with Crippen LogP contribution in [0.2, 0.25) is 5.02 Å². The average molecular weight is 619 g/mol. The molecule has 1 aromatic heterocycles. The Morgan fingerprint density at radius 2 is 1.90 bits per heavy atom. The van der Waals surface area contributed by atoms with Gasteiger partial charge in [0.25, 0.3) is 0 Å². The standard InChI is InChI=1S/C24H26ClF2N4O9P/c1-31(23(33)28-11-15-5-3-7-19(27)22(15)25)17(9-18(32)13-39-41(35,36)37)12-38-24(34)29-21-10-20(40-30-21)14-4-2-6-16(26)8-14/h2-8,10,17-18,32H,9,11-13H2,1H3,(H,28,33)(H,29,30,34)(H2,35,36,37)/t17-,18+/m0/s1. The molecule has 2 atom stereocenters. The van der Waals surface area contributed by atoms with Gasteiger partial charge < -0.3 is 34.4 Å². The Bertz CT molecular complexity index is 1410. The minimum Gasteiger partial charge on any atom is -0.447 e. The van der Waals surface area contributed by atoms with Crippen LogP contribution in [0, 0.1) is 11.6 Å². The summed E-state index contributed by atoms with van der Waals surface area (Å²) in [7, 11) is -3.57. The SMILES string of the molecule is CN(C(=O)NCc1cccc(F)c1Cl)[C@H](COC(=O)Nc1cc(-c2cccc(F)c2)on1)C[C@@H](O)COP(=O)(O)O. The molecule has 17 heteroatoms. The van der Waals surface area contributed by atoms with Crippen LogP contribution in [0.3, 0.4) is 0 Å². The smallest absolute Gasteiger partial charge is 0.447 e. The fourth-order valence-corrected chi connectivity index (χ4v) is 4.03. The van der Waals surface area contributed by atoms with Gasteiger partial charge in [0.05, 0.1) is 23.8 Å². The number of phosphoric acid groups is 1. The van der Waals surface area contributed by atoms with Crippen molar-refractivity contribution in [1.29, 1.82) is 0 Å². The summed E-state index contributed by atoms with van der Waals surface area (Å²) in [5.41, 5.74) is 0.665. The van der Waals surface area contributed by atoms with E-state index >= 15 is 0 Å². The van der Waals surface area contributed by atoms with Gasteiger partial charge in [-0.1, -0.05) is 41.0 Å². The maximum absolute atomic E-state index is 13.7. The predicted molar refractivity (Wildman–Crippen MR) is 141 cm³/mol. The van der Waals surface area contributed by atoms with E-state index in [2.05, 4.69) is 20.3 Å². The zero-order valence-corrected chi connectivity index (χ0v) is 23.0. The van der Waals surface area contributed by atoms with E-state index in [9.17, 15) is 28.0 Å². The molecule has 0 aliphatic carbocycles. The lowest BCUT2D eigenvalue weighted by Crippen LogP contribution is -2.47. The maximum atomic E-state index is 13.7. The third-order valence-electron chi connectivity index (χ3n) is 5.57. The van der Waals surface area contributed by atoms with Crippen molar-refractivity contribution in [1.82, 2.24) is 15.4 Å². The zero-order valence-electron chi connectivity index (χ0n) is 21.4. The number of ether oxygens (including phenoxy) is 1. The first-order chi connectivity index (χ1) is 19.3. The number of aliphatic hydroxyl groups is 1. The number of aromatic nitrogens is 1. The predicted octanol–water partition coefficient (Wildman–Crippen LogP) is 3.89. The molecule has 222 valence electrons. The number of hydrogen-bond acceptors (Lipinski definition) is 8. The third kappa shape index (κ3) is 10.1. The number of halogens is 3. The van der Waals surface area contributed by atoms with Crippen molar-refractivity contribution >= 4 is 37.4 Å². The molecule has 0 fully saturated rings. The van der Waals surface area contributed by atoms with Crippen molar-refractivity contribution < 1.29 is 51.6 Å². The number of nitrogens with zero attached hydrogens (tertiary/aromatic N) is 2. The second-order valence-electron chi connectivity index (χ2n) is 8.62. The molecule has 41 heavy (non-hydrogen) atoms. The topological polar surface area (TPSA) is 184 Å². The van der Waals surface area contributed by atoms with Gasteiger partial charge in [-0.15, -0.1) is 0 Å². The molecule has 0 spiro atoms. The largest absolute Gasteiger partial charge is 0.469 e. The molecule has 0 unspecified atom stereocenters. The van der Waals surface area contributed by atoms with E-state index in [1.807, 2.05) is 0 Å². The molecule has 0 bridgehead atoms. The van der Waals surface area contributed by atoms with Gasteiger partial charge in [-0.05, 0) is 30.2 Å². The normalized spacial score (nSPS) is 12.9. The minimum atomic E-state index is -4.88. The van der Waals surface area contributed by atoms with Crippen molar-refractivity contribution in [2.24, 2.45) is 0 Å². The average Bonchev–Trinajstić information content (AvgIpc) is 3.38. The van der Waals surface area contributed by atoms with Crippen LogP contribution in [0.25, 0.3) is 11.3 Å². The number of benzene rings is 2. The monoisotopic (exact) mass is 618 g/mol. The number of phosphoric ester groups is 1. The summed E-state index contributed by atoms with van der Waals surface area (Å²) in [6.45, 7) is -1.42. The second kappa shape index (κ2) is 14.3. The lowest BCUT2D eigenvalue weighted by molar-refractivity contribution is 0.0452. The molecule has 1 heterocycles. The van der Waals surface area contributed by atoms with E-state index in [4.69, 9.17) is 30.6 Å². The number of carbonyl (C=O) groups is 2. The fraction of sp³-hybridized carbons (Fsp3) is 0.292. The van der Waals surface area contributed by atoms with Gasteiger partial charge in [-0.3, -0.25) is 9.84 Å². The Hall–Kier alpha value is -3.59. The van der Waals surface area contributed by atoms with Crippen LogP contribution < -0.4 is 10.6 Å². The Morgan fingerprint density at radius 3 is 2.61 bits per heavy atom. The molecule has 3 amide bonds. The van der Waals surface area contributed by atoms with Crippen molar-refractivity contribution in [3.05, 3.63) is 70.8 Å². The van der Waals surface area contributed by atoms with Crippen LogP contribution in [0.1, 0.15) is 12.0 Å². The summed E-state index contributed by atoms with van der Waals surface area (Å²) < 4.78 is 52.7. The minimum absolute atomic E-state index is 0.0565. The highest BCUT2D eigenvalue weighted by molar-refractivity contribution is 7.46. The maximum Gasteiger partial charge on any atom is 0.469 e. The van der Waals surface area contributed by atoms with E-state index in [-0.39, 0.29) is 29.6 Å². The highest BCUT2D eigenvalue weighted by Crippen LogP contribution is 2.36. The van der Waals surface area contributed by atoms with Gasteiger partial charge in [-0.2, -0.15) is 0 Å². The van der Waals surface area contributed by atoms with E-state index in [0.29, 0.717) is 11.1 Å². The zero-order chi connectivity index (χ0) is 30.2. The first-order valence-corrected chi connectivity index (χ1v) is 13.7. The molecule has 0 aliphatic heterocycles. The number of amides is 3. The number of urea groups is 1. The number of carbonyl (C=O) groups excluding carboxylic acids is 2. The van der Waals surface area contributed by atoms with Gasteiger partial charge in [0.15, 0.2) is 11.6 Å². The van der Waals surface area contributed by atoms with E-state index in [1.54, 1.807) is 6.07 Å². The summed E-state index contributed by atoms with van der Waals surface area (Å²) in [5, 5.41) is 18.5. The summed E-state index contributed by atoms with van der Waals surface area (Å²) in [5.74, 6) is -1.06. The van der Waals surface area contributed by atoms with Crippen LogP contribution in [0.15, 0.2) is 53.1 Å². The molecular weight excluding hydrogens is 593 g/mol. The van der Waals surface area contributed by atoms with Gasteiger partial charge in [0.2, 0.25) is 0 Å². The Morgan fingerprint density at radius 1 is 1.17 bits per heavy atom. The van der Waals surface area contributed by atoms with Gasteiger partial charge >= 0.3 is 19.9 Å². The third-order valence-corrected chi connectivity index (χ3v) is 6.47. The molecule has 0 saturated heterocycles. The number of aliphatic hydroxyl groups excluding tert-OH is 1. The van der Waals surface area contributed by atoms with Crippen LogP contribution in [0.5, 0.6) is 0 Å². The fourth-order valence-electron chi connectivity index (χ4n) is 3.47. The van der Waals surface area contributed by atoms with Gasteiger partial charge in [0, 0.05) is 25.2 Å². The number of hydrogen-bond donors (Lipinski definition) is 5. The molecular formula is C24H26ClF2N4O9P. The molecule has 0 radical (unpaired) electrons. The number of nitrogens with one attached hydrogen (secondary N) is 2. The summed E-state index contributed by atoms with van der Waals surface area (Å²) in [6.07, 6.45) is -2.82. The van der Waals surface area contributed by atoms with E-state index in [1.165, 1.54) is 43.4 Å². The molecule has 0 aliphatic rings. The van der Waals surface area contributed by atoms with Crippen LogP contribution in [-0.4, -0.2) is 69.5 Å². The Kier molecular flexibility index (Phi) is 11.2. The Labute approximate surface area is 237 Å². The van der Waals surface area contributed by atoms with Crippen molar-refractivity contribution in [3.63, 3.8) is 0 Å². The summed E-state index contributed by atoms with van der Waals surface area (Å²) in [4.78, 5) is 44.0. The van der Waals surface area contributed by atoms with Gasteiger partial charge in [-0.25, -0.2) is 22.9 Å². The summed E-state index contributed by atoms with van der Waals surface area (Å²) in [6, 6.07) is 9.13. The molecule has 5 N–H and O–H groups in total. The second-order valence-corrected chi connectivity index (χ2v) is 10.2. The van der Waals surface area contributed by atoms with Crippen molar-refractivity contribution in [3.8, 4) is 11.3 Å². The lowest BCUT2D eigenvalue weighted by atomic mass is 10.1. The van der Waals surface area contributed by atoms with E-state index in [0.717, 1.165) is 11.0 Å². The number of rotatable bonds is 12. The highest BCUT2D eigenvalue weighted by atomic mass is 35.5. The quantitative estimate of drug-likeness (QED) is 0.187. The molecule has 13 nitrogen and oxygen atoms in total. The van der Waals surface area contributed by atoms with Crippen LogP contribution in [-0.2, 0) is 20.4 Å². The number of anilines is 1. The Balaban J connectivity index is 1.63. The number of likely N-dealkylation sites (N-methyl/N-ethyl adjacent to an activating group) is 1. The summed E-state index contributed by atoms with van der Waals surface area (Å²) >= 11 is 5.91. The van der Waals surface area contributed by atoms with E-state index < -0.39 is 56.9 Å². The van der Waals surface area contributed by atoms with Crippen molar-refractivity contribution in [2.75, 3.05) is 25.6 Å². The van der Waals surface area contributed by atoms with Crippen LogP contribution in [0.4, 0.5) is 24.2 Å². The lowest BCUT2D eigenvalue weighted by Gasteiger charge is -2.29. The molecule has 0 saturated carbocycles. The molecule has 3 rings (SSSR count). The van der Waals surface area contributed by atoms with Crippen LogP contribution >= 0.6 is 19.4 Å². The van der Waals surface area contributed by atoms with Gasteiger partial charge in [0.1, 0.15) is 18.2 Å². The molecule has 2 aromatic carbocycles. The first kappa shape index (κ1) is 31.9. The highest BCUT2D eigenvalue weighted by Gasteiger charge is 2.27.